The smallest absolute Gasteiger partial charge is 0.293 e. The van der Waals surface area contributed by atoms with Crippen LogP contribution in [0.1, 0.15) is 21.5 Å². The van der Waals surface area contributed by atoms with Crippen molar-refractivity contribution >= 4 is 34.9 Å². The summed E-state index contributed by atoms with van der Waals surface area (Å²) >= 11 is 0.761. The monoisotopic (exact) mass is 449 g/mol. The van der Waals surface area contributed by atoms with E-state index in [2.05, 4.69) is 5.32 Å². The number of nitrogens with zero attached hydrogens (tertiary/aromatic N) is 2. The van der Waals surface area contributed by atoms with Crippen LogP contribution >= 0.6 is 11.8 Å². The first-order chi connectivity index (χ1) is 15.5. The van der Waals surface area contributed by atoms with Gasteiger partial charge < -0.3 is 9.88 Å². The van der Waals surface area contributed by atoms with Crippen LogP contribution in [0.15, 0.2) is 78.0 Å². The first kappa shape index (κ1) is 21.6. The van der Waals surface area contributed by atoms with Gasteiger partial charge in [-0.2, -0.15) is 0 Å². The number of carbonyl (C=O) groups excluding carboxylic acids is 3. The van der Waals surface area contributed by atoms with Crippen LogP contribution in [0, 0.1) is 5.82 Å². The summed E-state index contributed by atoms with van der Waals surface area (Å²) in [5, 5.41) is 2.28. The third-order valence-electron chi connectivity index (χ3n) is 4.93. The number of benzene rings is 2. The number of hydrogen-bond acceptors (Lipinski definition) is 4. The predicted octanol–water partition coefficient (Wildman–Crippen LogP) is 4.14. The average molecular weight is 450 g/mol. The van der Waals surface area contributed by atoms with E-state index in [4.69, 9.17) is 0 Å². The first-order valence-electron chi connectivity index (χ1n) is 9.99. The van der Waals surface area contributed by atoms with Crippen molar-refractivity contribution in [2.75, 3.05) is 13.1 Å². The van der Waals surface area contributed by atoms with Crippen molar-refractivity contribution in [1.82, 2.24) is 14.8 Å². The Morgan fingerprint density at radius 2 is 1.72 bits per heavy atom. The zero-order valence-electron chi connectivity index (χ0n) is 17.0. The Hall–Kier alpha value is -3.65. The molecule has 1 fully saturated rings. The highest BCUT2D eigenvalue weighted by Gasteiger charge is 2.34. The summed E-state index contributed by atoms with van der Waals surface area (Å²) in [5.74, 6) is -1.25. The Bertz CT molecular complexity index is 1170. The molecule has 6 nitrogen and oxygen atoms in total. The fourth-order valence-electron chi connectivity index (χ4n) is 3.26. The number of rotatable bonds is 7. The Kier molecular flexibility index (Phi) is 6.51. The molecule has 32 heavy (non-hydrogen) atoms. The van der Waals surface area contributed by atoms with E-state index in [9.17, 15) is 18.8 Å². The molecule has 4 rings (SSSR count). The van der Waals surface area contributed by atoms with E-state index < -0.39 is 17.0 Å². The van der Waals surface area contributed by atoms with Crippen molar-refractivity contribution in [3.63, 3.8) is 0 Å². The van der Waals surface area contributed by atoms with Gasteiger partial charge in [0.2, 0.25) is 0 Å². The van der Waals surface area contributed by atoms with Crippen molar-refractivity contribution in [3.8, 4) is 0 Å². The second-order valence-corrected chi connectivity index (χ2v) is 8.16. The van der Waals surface area contributed by atoms with Crippen molar-refractivity contribution in [1.29, 1.82) is 0 Å². The lowest BCUT2D eigenvalue weighted by atomic mass is 10.1. The molecule has 2 aromatic carbocycles. The van der Waals surface area contributed by atoms with Crippen LogP contribution < -0.4 is 5.32 Å². The van der Waals surface area contributed by atoms with Crippen molar-refractivity contribution in [2.24, 2.45) is 0 Å². The van der Waals surface area contributed by atoms with Gasteiger partial charge in [-0.15, -0.1) is 0 Å². The summed E-state index contributed by atoms with van der Waals surface area (Å²) in [4.78, 5) is 38.3. The molecule has 0 aliphatic carbocycles. The van der Waals surface area contributed by atoms with Gasteiger partial charge in [-0.25, -0.2) is 4.39 Å². The number of halogens is 1. The summed E-state index contributed by atoms with van der Waals surface area (Å²) in [7, 11) is 0. The maximum Gasteiger partial charge on any atom is 0.293 e. The molecule has 3 amide bonds. The van der Waals surface area contributed by atoms with E-state index in [0.29, 0.717) is 12.1 Å². The number of imide groups is 1. The van der Waals surface area contributed by atoms with E-state index in [1.807, 2.05) is 41.2 Å². The summed E-state index contributed by atoms with van der Waals surface area (Å²) in [6.45, 7) is 0.875. The van der Waals surface area contributed by atoms with Crippen molar-refractivity contribution in [2.45, 2.75) is 6.54 Å². The number of amides is 3. The van der Waals surface area contributed by atoms with E-state index in [-0.39, 0.29) is 29.5 Å². The number of nitrogens with one attached hydrogen (secondary N) is 1. The average Bonchev–Trinajstić information content (AvgIpc) is 3.39. The lowest BCUT2D eigenvalue weighted by Crippen LogP contribution is -2.37. The van der Waals surface area contributed by atoms with Gasteiger partial charge in [0.05, 0.1) is 4.91 Å². The maximum atomic E-state index is 13.8. The molecule has 1 aromatic heterocycles. The van der Waals surface area contributed by atoms with Crippen LogP contribution in [0.3, 0.4) is 0 Å². The van der Waals surface area contributed by atoms with Gasteiger partial charge in [0.25, 0.3) is 17.1 Å². The molecule has 0 spiro atoms. The zero-order valence-corrected chi connectivity index (χ0v) is 17.8. The van der Waals surface area contributed by atoms with E-state index in [1.54, 1.807) is 24.3 Å². The second-order valence-electron chi connectivity index (χ2n) is 7.16. The molecule has 0 atom stereocenters. The zero-order chi connectivity index (χ0) is 22.5. The van der Waals surface area contributed by atoms with Crippen LogP contribution in [-0.2, 0) is 11.3 Å². The lowest BCUT2D eigenvalue weighted by Gasteiger charge is -2.13. The van der Waals surface area contributed by atoms with Gasteiger partial charge in [-0.3, -0.25) is 19.3 Å². The molecule has 1 aliphatic heterocycles. The Morgan fingerprint density at radius 1 is 1.00 bits per heavy atom. The lowest BCUT2D eigenvalue weighted by molar-refractivity contribution is -0.122. The van der Waals surface area contributed by atoms with Crippen molar-refractivity contribution in [3.05, 3.63) is 100 Å². The predicted molar refractivity (Wildman–Crippen MR) is 121 cm³/mol. The molecular weight excluding hydrogens is 429 g/mol. The van der Waals surface area contributed by atoms with Crippen molar-refractivity contribution < 1.29 is 18.8 Å². The largest absolute Gasteiger partial charge is 0.350 e. The molecule has 2 heterocycles. The summed E-state index contributed by atoms with van der Waals surface area (Å²) < 4.78 is 15.9. The standard InChI is InChI=1S/C24H20FN3O3S/c25-20-6-2-1-5-19(20)15-21-23(30)28(24(31)32-21)14-11-26-22(29)18-9-7-17(8-10-18)16-27-12-3-4-13-27/h1-10,12-13,15H,11,14,16H2,(H,26,29)/b21-15-. The quantitative estimate of drug-likeness (QED) is 0.551. The van der Waals surface area contributed by atoms with Gasteiger partial charge in [-0.1, -0.05) is 30.3 Å². The maximum absolute atomic E-state index is 13.8. The minimum absolute atomic E-state index is 0.0384. The van der Waals surface area contributed by atoms with Gasteiger partial charge in [-0.05, 0) is 53.7 Å². The summed E-state index contributed by atoms with van der Waals surface area (Å²) in [5.41, 5.74) is 1.80. The Balaban J connectivity index is 1.31. The van der Waals surface area contributed by atoms with Crippen LogP contribution in [0.4, 0.5) is 9.18 Å². The molecule has 0 bridgehead atoms. The molecule has 0 radical (unpaired) electrons. The number of carbonyl (C=O) groups is 3. The molecule has 162 valence electrons. The fourth-order valence-corrected chi connectivity index (χ4v) is 4.11. The van der Waals surface area contributed by atoms with Gasteiger partial charge in [0, 0.05) is 43.2 Å². The molecule has 0 unspecified atom stereocenters. The number of thioether (sulfide) groups is 1. The third-order valence-corrected chi connectivity index (χ3v) is 5.84. The molecule has 8 heteroatoms. The summed E-state index contributed by atoms with van der Waals surface area (Å²) in [6.07, 6.45) is 5.31. The van der Waals surface area contributed by atoms with Crippen LogP contribution in [0.5, 0.6) is 0 Å². The SMILES string of the molecule is O=C(NCCN1C(=O)S/C(=C\c2ccccc2F)C1=O)c1ccc(Cn2cccc2)cc1. The first-order valence-corrected chi connectivity index (χ1v) is 10.8. The Labute approximate surface area is 188 Å². The fraction of sp³-hybridized carbons (Fsp3) is 0.125. The van der Waals surface area contributed by atoms with Gasteiger partial charge in [0.15, 0.2) is 0 Å². The highest BCUT2D eigenvalue weighted by atomic mass is 32.2. The van der Waals surface area contributed by atoms with E-state index in [0.717, 1.165) is 22.2 Å². The van der Waals surface area contributed by atoms with E-state index >= 15 is 0 Å². The van der Waals surface area contributed by atoms with Gasteiger partial charge >= 0.3 is 0 Å². The molecule has 1 N–H and O–H groups in total. The molecule has 0 saturated carbocycles. The normalized spacial score (nSPS) is 14.9. The van der Waals surface area contributed by atoms with Crippen LogP contribution in [0.2, 0.25) is 0 Å². The number of aromatic nitrogens is 1. The van der Waals surface area contributed by atoms with Crippen LogP contribution in [0.25, 0.3) is 6.08 Å². The molecule has 1 aliphatic rings. The van der Waals surface area contributed by atoms with E-state index in [1.165, 1.54) is 18.2 Å². The molecular formula is C24H20FN3O3S. The highest BCUT2D eigenvalue weighted by Crippen LogP contribution is 2.32. The second kappa shape index (κ2) is 9.65. The Morgan fingerprint density at radius 3 is 2.44 bits per heavy atom. The van der Waals surface area contributed by atoms with Gasteiger partial charge in [0.1, 0.15) is 5.82 Å². The minimum Gasteiger partial charge on any atom is -0.350 e. The van der Waals surface area contributed by atoms with Crippen LogP contribution in [-0.4, -0.2) is 39.6 Å². The minimum atomic E-state index is -0.494. The topological polar surface area (TPSA) is 71.4 Å². The summed E-state index contributed by atoms with van der Waals surface area (Å²) in [6, 6.07) is 17.2. The highest BCUT2D eigenvalue weighted by molar-refractivity contribution is 8.18. The molecule has 3 aromatic rings. The third kappa shape index (κ3) is 4.97. The number of hydrogen-bond donors (Lipinski definition) is 1. The molecule has 1 saturated heterocycles.